The van der Waals surface area contributed by atoms with Gasteiger partial charge in [-0.15, -0.1) is 11.6 Å². The third-order valence-electron chi connectivity index (χ3n) is 5.83. The van der Waals surface area contributed by atoms with Gasteiger partial charge in [0.1, 0.15) is 17.4 Å². The fraction of sp³-hybridized carbons (Fsp3) is 0.259. The average molecular weight is 540 g/mol. The molecule has 0 spiro atoms. The Kier molecular flexibility index (Phi) is 7.82. The van der Waals surface area contributed by atoms with Gasteiger partial charge in [0.2, 0.25) is 12.7 Å². The molecule has 1 aliphatic rings. The Balaban J connectivity index is 1.15. The number of nitrogens with zero attached hydrogens (tertiary/aromatic N) is 2. The van der Waals surface area contributed by atoms with Crippen molar-refractivity contribution in [3.63, 3.8) is 0 Å². The van der Waals surface area contributed by atoms with Crippen molar-refractivity contribution in [2.24, 2.45) is 0 Å². The molecule has 0 saturated heterocycles. The van der Waals surface area contributed by atoms with E-state index in [4.69, 9.17) is 36.3 Å². The highest BCUT2D eigenvalue weighted by molar-refractivity contribution is 7.22. The minimum absolute atomic E-state index is 0.138. The van der Waals surface area contributed by atoms with Crippen molar-refractivity contribution < 1.29 is 23.7 Å². The van der Waals surface area contributed by atoms with E-state index in [0.29, 0.717) is 42.1 Å². The predicted octanol–water partition coefficient (Wildman–Crippen LogP) is 5.62. The summed E-state index contributed by atoms with van der Waals surface area (Å²) in [5.41, 5.74) is 8.21. The monoisotopic (exact) mass is 539 g/mol. The summed E-state index contributed by atoms with van der Waals surface area (Å²) in [4.78, 5) is 18.6. The smallest absolute Gasteiger partial charge is 0.242 e. The molecule has 2 N–H and O–H groups in total. The molecule has 37 heavy (non-hydrogen) atoms. The van der Waals surface area contributed by atoms with Crippen LogP contribution in [0.2, 0.25) is 0 Å². The normalized spacial score (nSPS) is 12.0. The molecule has 192 valence electrons. The predicted molar refractivity (Wildman–Crippen MR) is 145 cm³/mol. The lowest BCUT2D eigenvalue weighted by Crippen LogP contribution is -2.31. The van der Waals surface area contributed by atoms with Gasteiger partial charge in [-0.2, -0.15) is 0 Å². The zero-order valence-corrected chi connectivity index (χ0v) is 21.6. The van der Waals surface area contributed by atoms with Gasteiger partial charge in [-0.3, -0.25) is 4.79 Å². The third-order valence-corrected chi connectivity index (χ3v) is 6.90. The molecule has 1 aromatic heterocycles. The number of hydrogen-bond acceptors (Lipinski definition) is 8. The van der Waals surface area contributed by atoms with E-state index >= 15 is 0 Å². The second-order valence-corrected chi connectivity index (χ2v) is 9.67. The minimum atomic E-state index is -0.216. The number of aromatic nitrogens is 1. The number of unbranched alkanes of at least 4 members (excludes halogenated alkanes) is 1. The first-order valence-corrected chi connectivity index (χ1v) is 13.2. The molecule has 0 radical (unpaired) electrons. The molecule has 1 aliphatic heterocycles. The second kappa shape index (κ2) is 11.6. The molecule has 8 nitrogen and oxygen atoms in total. The van der Waals surface area contributed by atoms with Gasteiger partial charge in [-0.1, -0.05) is 29.5 Å². The Hall–Kier alpha value is -3.69. The van der Waals surface area contributed by atoms with Crippen LogP contribution < -0.4 is 29.6 Å². The number of para-hydroxylation sites is 1. The fourth-order valence-corrected chi connectivity index (χ4v) is 4.89. The van der Waals surface area contributed by atoms with Crippen LogP contribution in [0.3, 0.4) is 0 Å². The summed E-state index contributed by atoms with van der Waals surface area (Å²) in [6.45, 7) is 1.58. The largest absolute Gasteiger partial charge is 0.494 e. The van der Waals surface area contributed by atoms with Crippen molar-refractivity contribution >= 4 is 49.9 Å². The Morgan fingerprint density at radius 3 is 2.70 bits per heavy atom. The lowest BCUT2D eigenvalue weighted by atomic mass is 10.1. The maximum Gasteiger partial charge on any atom is 0.242 e. The highest BCUT2D eigenvalue weighted by atomic mass is 35.5. The van der Waals surface area contributed by atoms with Gasteiger partial charge in [0, 0.05) is 17.3 Å². The Labute approximate surface area is 223 Å². The summed E-state index contributed by atoms with van der Waals surface area (Å²) in [6, 6.07) is 18.9. The lowest BCUT2D eigenvalue weighted by Gasteiger charge is -2.23. The van der Waals surface area contributed by atoms with E-state index in [0.717, 1.165) is 40.1 Å². The van der Waals surface area contributed by atoms with Gasteiger partial charge in [0.05, 0.1) is 30.0 Å². The molecular formula is C27H26ClN3O5S. The molecular weight excluding hydrogens is 514 g/mol. The standard InChI is InChI=1S/C27H26ClN3O5S/c28-15-26(32)31(19-7-10-23-24(13-19)36-17-35-23)16-18-5-1-2-6-22(18)34-12-4-3-11-33-20-8-9-21-25(14-20)37-27(29)30-21/h1-2,5-10,13-14H,3-4,11-12,15-17H2,(H2,29,30). The van der Waals surface area contributed by atoms with Crippen LogP contribution in [0.15, 0.2) is 60.7 Å². The second-order valence-electron chi connectivity index (χ2n) is 8.34. The summed E-state index contributed by atoms with van der Waals surface area (Å²) in [7, 11) is 0. The highest BCUT2D eigenvalue weighted by Gasteiger charge is 2.21. The molecule has 3 aromatic carbocycles. The number of carbonyl (C=O) groups is 1. The summed E-state index contributed by atoms with van der Waals surface area (Å²) in [6.07, 6.45) is 1.65. The SMILES string of the molecule is Nc1nc2ccc(OCCCCOc3ccccc3CN(C(=O)CCl)c3ccc4c(c3)OCO4)cc2s1. The number of amides is 1. The van der Waals surface area contributed by atoms with Gasteiger partial charge < -0.3 is 29.6 Å². The molecule has 0 saturated carbocycles. The first kappa shape index (κ1) is 25.0. The van der Waals surface area contributed by atoms with Crippen molar-refractivity contribution in [1.29, 1.82) is 0 Å². The number of rotatable bonds is 11. The topological polar surface area (TPSA) is 96.1 Å². The zero-order valence-electron chi connectivity index (χ0n) is 20.0. The summed E-state index contributed by atoms with van der Waals surface area (Å²) < 4.78 is 23.8. The average Bonchev–Trinajstić information content (AvgIpc) is 3.54. The van der Waals surface area contributed by atoms with Gasteiger partial charge >= 0.3 is 0 Å². The molecule has 5 rings (SSSR count). The third kappa shape index (κ3) is 6.00. The Morgan fingerprint density at radius 2 is 1.84 bits per heavy atom. The van der Waals surface area contributed by atoms with Crippen molar-refractivity contribution in [3.05, 3.63) is 66.2 Å². The van der Waals surface area contributed by atoms with E-state index in [-0.39, 0.29) is 18.6 Å². The number of nitrogens with two attached hydrogens (primary N) is 1. The lowest BCUT2D eigenvalue weighted by molar-refractivity contribution is -0.116. The van der Waals surface area contributed by atoms with Crippen LogP contribution in [0.25, 0.3) is 10.2 Å². The molecule has 0 fully saturated rings. The van der Waals surface area contributed by atoms with Gasteiger partial charge in [0.25, 0.3) is 0 Å². The number of carbonyl (C=O) groups excluding carboxylic acids is 1. The zero-order chi connectivity index (χ0) is 25.6. The first-order valence-electron chi connectivity index (χ1n) is 11.9. The highest BCUT2D eigenvalue weighted by Crippen LogP contribution is 2.36. The van der Waals surface area contributed by atoms with Crippen LogP contribution in [-0.4, -0.2) is 36.8 Å². The molecule has 0 atom stereocenters. The molecule has 0 bridgehead atoms. The van der Waals surface area contributed by atoms with E-state index in [2.05, 4.69) is 4.98 Å². The molecule has 4 aromatic rings. The minimum Gasteiger partial charge on any atom is -0.494 e. The first-order chi connectivity index (χ1) is 18.1. The van der Waals surface area contributed by atoms with Crippen molar-refractivity contribution in [2.75, 3.05) is 36.5 Å². The number of fused-ring (bicyclic) bond motifs is 2. The number of ether oxygens (including phenoxy) is 4. The van der Waals surface area contributed by atoms with Gasteiger partial charge in [-0.25, -0.2) is 4.98 Å². The summed E-state index contributed by atoms with van der Waals surface area (Å²) in [5, 5.41) is 0.551. The number of halogens is 1. The van der Waals surface area contributed by atoms with E-state index in [1.165, 1.54) is 11.3 Å². The molecule has 10 heteroatoms. The number of nitrogen functional groups attached to an aromatic ring is 1. The Morgan fingerprint density at radius 1 is 1.03 bits per heavy atom. The molecule has 2 heterocycles. The quantitative estimate of drug-likeness (QED) is 0.195. The fourth-order valence-electron chi connectivity index (χ4n) is 3.98. The van der Waals surface area contributed by atoms with Crippen LogP contribution >= 0.6 is 22.9 Å². The summed E-state index contributed by atoms with van der Waals surface area (Å²) in [5.74, 6) is 2.43. The number of anilines is 2. The maximum absolute atomic E-state index is 12.7. The Bertz CT molecular complexity index is 1400. The van der Waals surface area contributed by atoms with Crippen LogP contribution in [0, 0.1) is 0 Å². The van der Waals surface area contributed by atoms with Crippen LogP contribution in [0.1, 0.15) is 18.4 Å². The number of hydrogen-bond donors (Lipinski definition) is 1. The van der Waals surface area contributed by atoms with Crippen LogP contribution in [0.4, 0.5) is 10.8 Å². The van der Waals surface area contributed by atoms with E-state index in [1.54, 1.807) is 17.0 Å². The van der Waals surface area contributed by atoms with E-state index in [9.17, 15) is 4.79 Å². The van der Waals surface area contributed by atoms with Crippen LogP contribution in [0.5, 0.6) is 23.0 Å². The van der Waals surface area contributed by atoms with Crippen molar-refractivity contribution in [1.82, 2.24) is 4.98 Å². The molecule has 0 unspecified atom stereocenters. The van der Waals surface area contributed by atoms with Gasteiger partial charge in [-0.05, 0) is 49.2 Å². The van der Waals surface area contributed by atoms with E-state index in [1.807, 2.05) is 48.5 Å². The summed E-state index contributed by atoms with van der Waals surface area (Å²) >= 11 is 7.37. The molecule has 0 aliphatic carbocycles. The maximum atomic E-state index is 12.7. The number of benzene rings is 3. The number of thiazole rings is 1. The van der Waals surface area contributed by atoms with Gasteiger partial charge in [0.15, 0.2) is 16.6 Å². The van der Waals surface area contributed by atoms with Crippen molar-refractivity contribution in [2.45, 2.75) is 19.4 Å². The van der Waals surface area contributed by atoms with Crippen LogP contribution in [-0.2, 0) is 11.3 Å². The number of alkyl halides is 1. The van der Waals surface area contributed by atoms with Crippen molar-refractivity contribution in [3.8, 4) is 23.0 Å². The van der Waals surface area contributed by atoms with E-state index < -0.39 is 0 Å². The molecule has 1 amide bonds.